The molecule has 0 spiro atoms. The van der Waals surface area contributed by atoms with Crippen molar-refractivity contribution in [3.05, 3.63) is 53.1 Å². The van der Waals surface area contributed by atoms with Crippen LogP contribution in [0.25, 0.3) is 0 Å². The second kappa shape index (κ2) is 5.65. The molecule has 7 heteroatoms. The Morgan fingerprint density at radius 3 is 2.50 bits per heavy atom. The zero-order valence-corrected chi connectivity index (χ0v) is 14.1. The second-order valence-electron chi connectivity index (χ2n) is 5.95. The van der Waals surface area contributed by atoms with Gasteiger partial charge < -0.3 is 14.6 Å². The molecule has 0 unspecified atom stereocenters. The van der Waals surface area contributed by atoms with Crippen molar-refractivity contribution in [1.29, 1.82) is 0 Å². The van der Waals surface area contributed by atoms with Crippen molar-refractivity contribution in [2.24, 2.45) is 5.92 Å². The molecule has 2 aromatic rings. The lowest BCUT2D eigenvalue weighted by Gasteiger charge is -2.05. The number of halogens is 1. The number of hydrogen-bond donors (Lipinski definition) is 1. The van der Waals surface area contributed by atoms with Gasteiger partial charge in [0.2, 0.25) is 6.79 Å². The van der Waals surface area contributed by atoms with E-state index >= 15 is 0 Å². The molecule has 0 saturated heterocycles. The fraction of sp³-hybridized carbons (Fsp3) is 0.294. The highest BCUT2D eigenvalue weighted by atomic mass is 35.5. The lowest BCUT2D eigenvalue weighted by molar-refractivity contribution is 0.174. The van der Waals surface area contributed by atoms with Gasteiger partial charge in [-0.25, -0.2) is 8.42 Å². The zero-order valence-electron chi connectivity index (χ0n) is 12.6. The monoisotopic (exact) mass is 366 g/mol. The summed E-state index contributed by atoms with van der Waals surface area (Å²) in [5.41, 5.74) is 0.834. The summed E-state index contributed by atoms with van der Waals surface area (Å²) in [6.07, 6.45) is 0. The minimum atomic E-state index is -3.55. The van der Waals surface area contributed by atoms with Gasteiger partial charge in [-0.2, -0.15) is 0 Å². The fourth-order valence-corrected chi connectivity index (χ4v) is 5.65. The van der Waals surface area contributed by atoms with Gasteiger partial charge in [0, 0.05) is 23.5 Å². The number of sulfone groups is 1. The molecule has 3 atom stereocenters. The molecule has 1 aliphatic carbocycles. The summed E-state index contributed by atoms with van der Waals surface area (Å²) in [5.74, 6) is 0.673. The number of aliphatic hydroxyl groups excluding tert-OH is 1. The SMILES string of the molecule is O=S(=O)(c1ccc(Cl)cc1)[C@@H]1[C@H](CO)[C@H]1c1ccc2c(c1)OCO2. The second-order valence-corrected chi connectivity index (χ2v) is 8.49. The van der Waals surface area contributed by atoms with Crippen molar-refractivity contribution in [3.63, 3.8) is 0 Å². The van der Waals surface area contributed by atoms with Gasteiger partial charge in [0.15, 0.2) is 21.3 Å². The topological polar surface area (TPSA) is 72.8 Å². The van der Waals surface area contributed by atoms with Gasteiger partial charge in [-0.05, 0) is 42.0 Å². The lowest BCUT2D eigenvalue weighted by atomic mass is 10.1. The van der Waals surface area contributed by atoms with Crippen molar-refractivity contribution in [2.75, 3.05) is 13.4 Å². The predicted octanol–water partition coefficient (Wildman–Crippen LogP) is 2.62. The van der Waals surface area contributed by atoms with Crippen LogP contribution in [0.2, 0.25) is 5.02 Å². The highest BCUT2D eigenvalue weighted by Crippen LogP contribution is 2.54. The summed E-state index contributed by atoms with van der Waals surface area (Å²) in [4.78, 5) is 0.221. The fourth-order valence-electron chi connectivity index (χ4n) is 3.32. The normalized spacial score (nSPS) is 24.8. The molecule has 1 N–H and O–H groups in total. The molecule has 2 aromatic carbocycles. The number of aliphatic hydroxyl groups is 1. The molecule has 126 valence electrons. The van der Waals surface area contributed by atoms with E-state index in [2.05, 4.69) is 0 Å². The van der Waals surface area contributed by atoms with Crippen LogP contribution in [-0.4, -0.2) is 32.2 Å². The van der Waals surface area contributed by atoms with E-state index < -0.39 is 15.1 Å². The predicted molar refractivity (Wildman–Crippen MR) is 88.3 cm³/mol. The number of hydrogen-bond acceptors (Lipinski definition) is 5. The van der Waals surface area contributed by atoms with E-state index in [4.69, 9.17) is 21.1 Å². The molecular weight excluding hydrogens is 352 g/mol. The van der Waals surface area contributed by atoms with Crippen LogP contribution >= 0.6 is 11.6 Å². The number of ether oxygens (including phenoxy) is 2. The summed E-state index contributed by atoms with van der Waals surface area (Å²) >= 11 is 5.83. The minimum absolute atomic E-state index is 0.166. The van der Waals surface area contributed by atoms with E-state index in [1.54, 1.807) is 24.3 Å². The van der Waals surface area contributed by atoms with Gasteiger partial charge >= 0.3 is 0 Å². The summed E-state index contributed by atoms with van der Waals surface area (Å²) < 4.78 is 36.4. The van der Waals surface area contributed by atoms with E-state index in [0.717, 1.165) is 5.56 Å². The summed E-state index contributed by atoms with van der Waals surface area (Å²) in [6, 6.07) is 11.5. The summed E-state index contributed by atoms with van der Waals surface area (Å²) in [7, 11) is -3.55. The van der Waals surface area contributed by atoms with Crippen LogP contribution in [0.3, 0.4) is 0 Å². The Hall–Kier alpha value is -1.76. The van der Waals surface area contributed by atoms with Crippen LogP contribution in [0, 0.1) is 5.92 Å². The molecule has 1 fully saturated rings. The number of benzene rings is 2. The summed E-state index contributed by atoms with van der Waals surface area (Å²) in [5, 5.41) is 9.45. The Morgan fingerprint density at radius 1 is 1.08 bits per heavy atom. The standard InChI is InChI=1S/C17H15ClO5S/c18-11-2-4-12(5-3-11)24(20,21)17-13(8-19)16(17)10-1-6-14-15(7-10)23-9-22-14/h1-7,13,16-17,19H,8-9H2/t13-,16-,17-/m1/s1. The maximum absolute atomic E-state index is 12.9. The zero-order chi connectivity index (χ0) is 16.9. The van der Waals surface area contributed by atoms with Crippen LogP contribution in [0.1, 0.15) is 11.5 Å². The largest absolute Gasteiger partial charge is 0.454 e. The van der Waals surface area contributed by atoms with Gasteiger partial charge in [-0.3, -0.25) is 0 Å². The molecule has 0 aromatic heterocycles. The van der Waals surface area contributed by atoms with Crippen molar-refractivity contribution in [3.8, 4) is 11.5 Å². The van der Waals surface area contributed by atoms with E-state index in [0.29, 0.717) is 16.5 Å². The third kappa shape index (κ3) is 2.46. The Kier molecular flexibility index (Phi) is 3.71. The first-order valence-electron chi connectivity index (χ1n) is 7.52. The smallest absolute Gasteiger partial charge is 0.231 e. The van der Waals surface area contributed by atoms with Crippen molar-refractivity contribution >= 4 is 21.4 Å². The molecule has 1 saturated carbocycles. The quantitative estimate of drug-likeness (QED) is 0.900. The van der Waals surface area contributed by atoms with E-state index in [9.17, 15) is 13.5 Å². The minimum Gasteiger partial charge on any atom is -0.454 e. The van der Waals surface area contributed by atoms with Gasteiger partial charge in [0.25, 0.3) is 0 Å². The summed E-state index contributed by atoms with van der Waals surface area (Å²) in [6.45, 7) is -0.0179. The lowest BCUT2D eigenvalue weighted by Crippen LogP contribution is -2.11. The van der Waals surface area contributed by atoms with Gasteiger partial charge in [0.1, 0.15) is 0 Å². The molecule has 0 radical (unpaired) electrons. The molecular formula is C17H15ClO5S. The number of rotatable bonds is 4. The van der Waals surface area contributed by atoms with E-state index in [1.165, 1.54) is 12.1 Å². The Balaban J connectivity index is 1.67. The Bertz CT molecular complexity index is 878. The molecule has 1 aliphatic heterocycles. The van der Waals surface area contributed by atoms with Crippen LogP contribution < -0.4 is 9.47 Å². The van der Waals surface area contributed by atoms with E-state index in [-0.39, 0.29) is 30.1 Å². The van der Waals surface area contributed by atoms with E-state index in [1.807, 2.05) is 6.07 Å². The highest BCUT2D eigenvalue weighted by Gasteiger charge is 2.58. The molecule has 5 nitrogen and oxygen atoms in total. The highest BCUT2D eigenvalue weighted by molar-refractivity contribution is 7.92. The van der Waals surface area contributed by atoms with Crippen LogP contribution in [-0.2, 0) is 9.84 Å². The maximum Gasteiger partial charge on any atom is 0.231 e. The van der Waals surface area contributed by atoms with Crippen molar-refractivity contribution in [2.45, 2.75) is 16.1 Å². The average molecular weight is 367 g/mol. The third-order valence-corrected chi connectivity index (χ3v) is 7.13. The van der Waals surface area contributed by atoms with Crippen molar-refractivity contribution in [1.82, 2.24) is 0 Å². The maximum atomic E-state index is 12.9. The molecule has 1 heterocycles. The first kappa shape index (κ1) is 15.7. The van der Waals surface area contributed by atoms with Crippen LogP contribution in [0.5, 0.6) is 11.5 Å². The molecule has 0 amide bonds. The molecule has 0 bridgehead atoms. The van der Waals surface area contributed by atoms with Gasteiger partial charge in [0.05, 0.1) is 10.1 Å². The van der Waals surface area contributed by atoms with Gasteiger partial charge in [-0.1, -0.05) is 17.7 Å². The third-order valence-electron chi connectivity index (χ3n) is 4.59. The molecule has 24 heavy (non-hydrogen) atoms. The average Bonchev–Trinajstić information content (AvgIpc) is 3.15. The molecule has 4 rings (SSSR count). The Labute approximate surface area is 144 Å². The number of fused-ring (bicyclic) bond motifs is 1. The van der Waals surface area contributed by atoms with Crippen molar-refractivity contribution < 1.29 is 23.0 Å². The van der Waals surface area contributed by atoms with Crippen LogP contribution in [0.4, 0.5) is 0 Å². The van der Waals surface area contributed by atoms with Crippen LogP contribution in [0.15, 0.2) is 47.4 Å². The first-order chi connectivity index (χ1) is 11.5. The van der Waals surface area contributed by atoms with Gasteiger partial charge in [-0.15, -0.1) is 0 Å². The first-order valence-corrected chi connectivity index (χ1v) is 9.44. The molecule has 2 aliphatic rings. The Morgan fingerprint density at radius 2 is 1.79 bits per heavy atom.